The summed E-state index contributed by atoms with van der Waals surface area (Å²) in [4.78, 5) is 0. The van der Waals surface area contributed by atoms with Crippen molar-refractivity contribution in [2.24, 2.45) is 0 Å². The molecular weight excluding hydrogens is 118 g/mol. The zero-order valence-electron chi connectivity index (χ0n) is 5.42. The fraction of sp³-hybridized carbons (Fsp3) is 0.833. The maximum absolute atomic E-state index is 2.37. The third kappa shape index (κ3) is 1.25. The fourth-order valence-corrected chi connectivity index (χ4v) is 1.70. The lowest BCUT2D eigenvalue weighted by molar-refractivity contribution is -0.545. The summed E-state index contributed by atoms with van der Waals surface area (Å²) in [6.07, 6.45) is 0. The average molecular weight is 130 g/mol. The quantitative estimate of drug-likeness (QED) is 0.482. The van der Waals surface area contributed by atoms with Gasteiger partial charge in [0.15, 0.2) is 12.1 Å². The van der Waals surface area contributed by atoms with E-state index in [4.69, 9.17) is 0 Å². The molecule has 1 nitrogen and oxygen atoms in total. The van der Waals surface area contributed by atoms with Gasteiger partial charge in [0.1, 0.15) is 6.04 Å². The third-order valence-corrected chi connectivity index (χ3v) is 2.18. The second-order valence-electron chi connectivity index (χ2n) is 2.31. The van der Waals surface area contributed by atoms with E-state index in [2.05, 4.69) is 24.0 Å². The van der Waals surface area contributed by atoms with Gasteiger partial charge >= 0.3 is 0 Å². The molecule has 0 saturated heterocycles. The first kappa shape index (κ1) is 6.14. The van der Waals surface area contributed by atoms with Gasteiger partial charge in [0.05, 0.1) is 5.75 Å². The van der Waals surface area contributed by atoms with Gasteiger partial charge in [-0.15, -0.1) is 0 Å². The summed E-state index contributed by atoms with van der Waals surface area (Å²) < 4.78 is 2.37. The van der Waals surface area contributed by atoms with E-state index in [0.717, 1.165) is 0 Å². The second kappa shape index (κ2) is 2.53. The van der Waals surface area contributed by atoms with Gasteiger partial charge in [0.25, 0.3) is 0 Å². The van der Waals surface area contributed by atoms with Gasteiger partial charge in [-0.1, -0.05) is 11.8 Å². The summed E-state index contributed by atoms with van der Waals surface area (Å²) in [5.41, 5.74) is 2.23. The lowest BCUT2D eigenvalue weighted by Gasteiger charge is -1.97. The maximum atomic E-state index is 2.37. The molecule has 1 rings (SSSR count). The second-order valence-corrected chi connectivity index (χ2v) is 3.26. The minimum atomic E-state index is 0.699. The molecule has 0 bridgehead atoms. The lowest BCUT2D eigenvalue weighted by atomic mass is 10.4. The van der Waals surface area contributed by atoms with Crippen LogP contribution in [0.3, 0.4) is 0 Å². The van der Waals surface area contributed by atoms with Gasteiger partial charge in [-0.05, 0) is 13.8 Å². The number of rotatable bonds is 1. The highest BCUT2D eigenvalue weighted by Gasteiger charge is 2.13. The van der Waals surface area contributed by atoms with Crippen LogP contribution in [0.4, 0.5) is 0 Å². The molecule has 0 aromatic rings. The minimum Gasteiger partial charge on any atom is -0.228 e. The third-order valence-electron chi connectivity index (χ3n) is 1.34. The molecule has 0 unspecified atom stereocenters. The molecule has 0 radical (unpaired) electrons. The molecule has 0 saturated carbocycles. The standard InChI is InChI=1S/C6H12NS/c1-6(2)7-3-4-8-5-7/h5-6H,3-4H2,1-2H3/q+1. The Labute approximate surface area is 54.8 Å². The zero-order valence-corrected chi connectivity index (χ0v) is 6.24. The minimum absolute atomic E-state index is 0.699. The Balaban J connectivity index is 2.45. The monoisotopic (exact) mass is 130 g/mol. The summed E-state index contributed by atoms with van der Waals surface area (Å²) in [5.74, 6) is 1.28. The molecule has 0 aromatic carbocycles. The Hall–Kier alpha value is 0.0200. The van der Waals surface area contributed by atoms with Gasteiger partial charge in [0, 0.05) is 0 Å². The van der Waals surface area contributed by atoms with Crippen LogP contribution in [0, 0.1) is 0 Å². The molecule has 0 aromatic heterocycles. The summed E-state index contributed by atoms with van der Waals surface area (Å²) in [7, 11) is 0. The molecule has 0 atom stereocenters. The fourth-order valence-electron chi connectivity index (χ4n) is 0.739. The van der Waals surface area contributed by atoms with E-state index >= 15 is 0 Å². The lowest BCUT2D eigenvalue weighted by Crippen LogP contribution is -2.18. The Morgan fingerprint density at radius 1 is 1.62 bits per heavy atom. The van der Waals surface area contributed by atoms with Crippen molar-refractivity contribution in [1.82, 2.24) is 0 Å². The van der Waals surface area contributed by atoms with E-state index in [1.807, 2.05) is 11.8 Å². The first-order chi connectivity index (χ1) is 3.80. The summed E-state index contributed by atoms with van der Waals surface area (Å²) in [6.45, 7) is 5.69. The van der Waals surface area contributed by atoms with Gasteiger partial charge < -0.3 is 0 Å². The van der Waals surface area contributed by atoms with Crippen molar-refractivity contribution >= 4 is 17.3 Å². The van der Waals surface area contributed by atoms with E-state index in [0.29, 0.717) is 6.04 Å². The predicted molar refractivity (Wildman–Crippen MR) is 38.8 cm³/mol. The van der Waals surface area contributed by atoms with E-state index in [9.17, 15) is 0 Å². The molecule has 0 amide bonds. The normalized spacial score (nSPS) is 19.6. The van der Waals surface area contributed by atoms with Gasteiger partial charge in [-0.25, -0.2) is 4.58 Å². The zero-order chi connectivity index (χ0) is 5.98. The van der Waals surface area contributed by atoms with Crippen LogP contribution in [0.2, 0.25) is 0 Å². The summed E-state index contributed by atoms with van der Waals surface area (Å²) >= 11 is 1.91. The molecule has 0 aliphatic carbocycles. The van der Waals surface area contributed by atoms with Crippen LogP contribution >= 0.6 is 11.8 Å². The number of thioether (sulfide) groups is 1. The van der Waals surface area contributed by atoms with Crippen LogP contribution < -0.4 is 0 Å². The van der Waals surface area contributed by atoms with E-state index in [1.54, 1.807) is 0 Å². The highest BCUT2D eigenvalue weighted by Crippen LogP contribution is 2.04. The topological polar surface area (TPSA) is 3.01 Å². The largest absolute Gasteiger partial charge is 0.228 e. The Bertz CT molecular complexity index is 107. The van der Waals surface area contributed by atoms with Crippen molar-refractivity contribution < 1.29 is 4.58 Å². The molecule has 0 fully saturated rings. The van der Waals surface area contributed by atoms with Gasteiger partial charge in [0.2, 0.25) is 0 Å². The summed E-state index contributed by atoms with van der Waals surface area (Å²) in [6, 6.07) is 0.699. The smallest absolute Gasteiger partial charge is 0.198 e. The Kier molecular flexibility index (Phi) is 1.95. The van der Waals surface area contributed by atoms with Crippen LogP contribution in [0.5, 0.6) is 0 Å². The Morgan fingerprint density at radius 3 is 2.62 bits per heavy atom. The molecular formula is C6H12NS+. The highest BCUT2D eigenvalue weighted by atomic mass is 32.2. The van der Waals surface area contributed by atoms with Gasteiger partial charge in [-0.2, -0.15) is 0 Å². The first-order valence-electron chi connectivity index (χ1n) is 3.01. The summed E-state index contributed by atoms with van der Waals surface area (Å²) in [5, 5.41) is 0. The highest BCUT2D eigenvalue weighted by molar-refractivity contribution is 8.12. The van der Waals surface area contributed by atoms with E-state index < -0.39 is 0 Å². The van der Waals surface area contributed by atoms with Crippen molar-refractivity contribution in [1.29, 1.82) is 0 Å². The first-order valence-corrected chi connectivity index (χ1v) is 4.06. The SMILES string of the molecule is CC(C)[N+]1=CSCC1. The van der Waals surface area contributed by atoms with Crippen LogP contribution in [-0.2, 0) is 0 Å². The molecule has 0 N–H and O–H groups in total. The molecule has 1 heterocycles. The van der Waals surface area contributed by atoms with Crippen molar-refractivity contribution in [3.63, 3.8) is 0 Å². The molecule has 8 heavy (non-hydrogen) atoms. The maximum Gasteiger partial charge on any atom is 0.198 e. The van der Waals surface area contributed by atoms with Crippen LogP contribution in [-0.4, -0.2) is 28.5 Å². The molecule has 0 spiro atoms. The van der Waals surface area contributed by atoms with Crippen molar-refractivity contribution in [3.05, 3.63) is 0 Å². The van der Waals surface area contributed by atoms with E-state index in [1.165, 1.54) is 12.3 Å². The van der Waals surface area contributed by atoms with Crippen LogP contribution in [0.25, 0.3) is 0 Å². The van der Waals surface area contributed by atoms with E-state index in [-0.39, 0.29) is 0 Å². The van der Waals surface area contributed by atoms with Gasteiger partial charge in [-0.3, -0.25) is 0 Å². The molecule has 46 valence electrons. The molecule has 1 aliphatic heterocycles. The molecule has 1 aliphatic rings. The Morgan fingerprint density at radius 2 is 2.38 bits per heavy atom. The van der Waals surface area contributed by atoms with Crippen LogP contribution in [0.1, 0.15) is 13.8 Å². The number of hydrogen-bond donors (Lipinski definition) is 0. The van der Waals surface area contributed by atoms with Crippen molar-refractivity contribution in [3.8, 4) is 0 Å². The average Bonchev–Trinajstić information content (AvgIpc) is 2.12. The number of hydrogen-bond acceptors (Lipinski definition) is 1. The van der Waals surface area contributed by atoms with Crippen LogP contribution in [0.15, 0.2) is 0 Å². The van der Waals surface area contributed by atoms with Crippen molar-refractivity contribution in [2.45, 2.75) is 19.9 Å². The van der Waals surface area contributed by atoms with Crippen molar-refractivity contribution in [2.75, 3.05) is 12.3 Å². The predicted octanol–water partition coefficient (Wildman–Crippen LogP) is 1.18. The number of nitrogens with zero attached hydrogens (tertiary/aromatic N) is 1. The molecule has 2 heteroatoms.